The van der Waals surface area contributed by atoms with E-state index in [-0.39, 0.29) is 12.5 Å². The topological polar surface area (TPSA) is 57.7 Å². The van der Waals surface area contributed by atoms with Gasteiger partial charge < -0.3 is 0 Å². The van der Waals surface area contributed by atoms with Crippen molar-refractivity contribution in [2.75, 3.05) is 7.05 Å². The minimum Gasteiger partial charge on any atom is -0.274 e. The van der Waals surface area contributed by atoms with E-state index in [9.17, 15) is 14.4 Å². The van der Waals surface area contributed by atoms with Gasteiger partial charge in [-0.1, -0.05) is 6.92 Å². The number of hydrogen-bond donors (Lipinski definition) is 0. The van der Waals surface area contributed by atoms with Crippen LogP contribution in [0.1, 0.15) is 26.7 Å². The number of barbiturate groups is 1. The van der Waals surface area contributed by atoms with Gasteiger partial charge in [0.15, 0.2) is 0 Å². The van der Waals surface area contributed by atoms with Gasteiger partial charge in [-0.25, -0.2) is 4.79 Å². The highest BCUT2D eigenvalue weighted by Gasteiger charge is 2.37. The van der Waals surface area contributed by atoms with Crippen LogP contribution in [0.25, 0.3) is 0 Å². The minimum absolute atomic E-state index is 0.148. The van der Waals surface area contributed by atoms with E-state index >= 15 is 0 Å². The van der Waals surface area contributed by atoms with Gasteiger partial charge >= 0.3 is 6.03 Å². The number of urea groups is 1. The fourth-order valence-corrected chi connectivity index (χ4v) is 1.32. The van der Waals surface area contributed by atoms with Crippen LogP contribution < -0.4 is 0 Å². The molecule has 0 spiro atoms. The fraction of sp³-hybridized carbons (Fsp3) is 0.667. The summed E-state index contributed by atoms with van der Waals surface area (Å²) in [5.41, 5.74) is 0. The summed E-state index contributed by atoms with van der Waals surface area (Å²) in [6.07, 6.45) is 0.492. The molecule has 1 saturated heterocycles. The molecule has 1 fully saturated rings. The maximum atomic E-state index is 11.6. The van der Waals surface area contributed by atoms with Gasteiger partial charge in [-0.2, -0.15) is 0 Å². The highest BCUT2D eigenvalue weighted by Crippen LogP contribution is 2.15. The molecule has 1 heterocycles. The third-order valence-electron chi connectivity index (χ3n) is 2.47. The Balaban J connectivity index is 2.90. The number of carbonyl (C=O) groups excluding carboxylic acids is 3. The Morgan fingerprint density at radius 3 is 2.36 bits per heavy atom. The summed E-state index contributed by atoms with van der Waals surface area (Å²) in [6, 6.07) is -0.661. The highest BCUT2D eigenvalue weighted by atomic mass is 16.2. The molecule has 1 unspecified atom stereocenters. The number of nitrogens with zero attached hydrogens (tertiary/aromatic N) is 2. The Hall–Kier alpha value is -1.39. The maximum absolute atomic E-state index is 11.6. The molecule has 0 N–H and O–H groups in total. The Morgan fingerprint density at radius 1 is 1.29 bits per heavy atom. The molecular formula is C9H14N2O3. The van der Waals surface area contributed by atoms with Crippen LogP contribution in [-0.4, -0.2) is 40.7 Å². The van der Waals surface area contributed by atoms with Gasteiger partial charge in [0.25, 0.3) is 0 Å². The molecule has 5 nitrogen and oxygen atoms in total. The first-order chi connectivity index (χ1) is 6.49. The van der Waals surface area contributed by atoms with Crippen LogP contribution in [0.5, 0.6) is 0 Å². The zero-order chi connectivity index (χ0) is 10.9. The maximum Gasteiger partial charge on any atom is 0.333 e. The van der Waals surface area contributed by atoms with E-state index in [1.165, 1.54) is 7.05 Å². The number of imide groups is 2. The molecule has 1 aliphatic rings. The van der Waals surface area contributed by atoms with Gasteiger partial charge in [0.05, 0.1) is 0 Å². The highest BCUT2D eigenvalue weighted by molar-refractivity contribution is 6.14. The van der Waals surface area contributed by atoms with Crippen LogP contribution in [0, 0.1) is 0 Å². The predicted octanol–water partition coefficient (Wildman–Crippen LogP) is 0.596. The number of hydrogen-bond acceptors (Lipinski definition) is 3. The lowest BCUT2D eigenvalue weighted by Gasteiger charge is -2.33. The van der Waals surface area contributed by atoms with Crippen molar-refractivity contribution < 1.29 is 14.4 Å². The standard InChI is InChI=1S/C9H14N2O3/c1-4-6(2)11-8(13)5-7(12)10(3)9(11)14/h6H,4-5H2,1-3H3. The molecular weight excluding hydrogens is 184 g/mol. The van der Waals surface area contributed by atoms with Crippen molar-refractivity contribution in [3.63, 3.8) is 0 Å². The Bertz CT molecular complexity index is 288. The summed E-state index contributed by atoms with van der Waals surface area (Å²) in [4.78, 5) is 36.3. The summed E-state index contributed by atoms with van der Waals surface area (Å²) in [5.74, 6) is -0.827. The lowest BCUT2D eigenvalue weighted by atomic mass is 10.1. The van der Waals surface area contributed by atoms with E-state index in [0.29, 0.717) is 6.42 Å². The third kappa shape index (κ3) is 1.62. The average molecular weight is 198 g/mol. The largest absolute Gasteiger partial charge is 0.333 e. The molecule has 14 heavy (non-hydrogen) atoms. The molecule has 5 heteroatoms. The van der Waals surface area contributed by atoms with Gasteiger partial charge in [0.1, 0.15) is 6.42 Å². The van der Waals surface area contributed by atoms with E-state index < -0.39 is 17.8 Å². The molecule has 1 rings (SSSR count). The molecule has 0 aromatic rings. The molecule has 0 aromatic carbocycles. The lowest BCUT2D eigenvalue weighted by Crippen LogP contribution is -2.56. The second kappa shape index (κ2) is 3.77. The van der Waals surface area contributed by atoms with Crippen LogP contribution >= 0.6 is 0 Å². The van der Waals surface area contributed by atoms with Crippen LogP contribution in [0.4, 0.5) is 4.79 Å². The van der Waals surface area contributed by atoms with Crippen molar-refractivity contribution in [2.24, 2.45) is 0 Å². The first-order valence-electron chi connectivity index (χ1n) is 4.61. The van der Waals surface area contributed by atoms with Crippen molar-refractivity contribution in [1.82, 2.24) is 9.80 Å². The molecule has 4 amide bonds. The van der Waals surface area contributed by atoms with E-state index in [1.54, 1.807) is 6.92 Å². The smallest absolute Gasteiger partial charge is 0.274 e. The third-order valence-corrected chi connectivity index (χ3v) is 2.47. The summed E-state index contributed by atoms with van der Waals surface area (Å²) >= 11 is 0. The van der Waals surface area contributed by atoms with Crippen LogP contribution in [0.3, 0.4) is 0 Å². The molecule has 0 radical (unpaired) electrons. The monoisotopic (exact) mass is 198 g/mol. The van der Waals surface area contributed by atoms with Gasteiger partial charge in [0, 0.05) is 13.1 Å². The molecule has 0 bridgehead atoms. The molecule has 1 atom stereocenters. The predicted molar refractivity (Wildman–Crippen MR) is 49.4 cm³/mol. The second-order valence-electron chi connectivity index (χ2n) is 3.43. The first-order valence-corrected chi connectivity index (χ1v) is 4.61. The summed E-state index contributed by atoms with van der Waals surface area (Å²) in [5, 5.41) is 0. The van der Waals surface area contributed by atoms with E-state index in [1.807, 2.05) is 6.92 Å². The number of amides is 4. The van der Waals surface area contributed by atoms with Crippen molar-refractivity contribution in [1.29, 1.82) is 0 Å². The van der Waals surface area contributed by atoms with Crippen molar-refractivity contribution in [3.8, 4) is 0 Å². The number of carbonyl (C=O) groups is 3. The lowest BCUT2D eigenvalue weighted by molar-refractivity contribution is -0.142. The average Bonchev–Trinajstić information content (AvgIpc) is 2.14. The van der Waals surface area contributed by atoms with E-state index in [0.717, 1.165) is 9.80 Å². The van der Waals surface area contributed by atoms with Gasteiger partial charge in [-0.3, -0.25) is 19.4 Å². The summed E-state index contributed by atoms with van der Waals surface area (Å²) in [6.45, 7) is 3.68. The van der Waals surface area contributed by atoms with Gasteiger partial charge in [-0.15, -0.1) is 0 Å². The molecule has 1 aliphatic heterocycles. The fourth-order valence-electron chi connectivity index (χ4n) is 1.32. The van der Waals surface area contributed by atoms with Crippen molar-refractivity contribution >= 4 is 17.8 Å². The summed E-state index contributed by atoms with van der Waals surface area (Å²) in [7, 11) is 1.40. The normalized spacial score (nSPS) is 20.4. The molecule has 0 saturated carbocycles. The van der Waals surface area contributed by atoms with Crippen LogP contribution in [-0.2, 0) is 9.59 Å². The Kier molecular flexibility index (Phi) is 2.88. The minimum atomic E-state index is -0.513. The first kappa shape index (κ1) is 10.7. The van der Waals surface area contributed by atoms with Crippen molar-refractivity contribution in [2.45, 2.75) is 32.7 Å². The molecule has 78 valence electrons. The van der Waals surface area contributed by atoms with Crippen LogP contribution in [0.2, 0.25) is 0 Å². The number of rotatable bonds is 2. The SMILES string of the molecule is CCC(C)N1C(=O)CC(=O)N(C)C1=O. The van der Waals surface area contributed by atoms with Crippen LogP contribution in [0.15, 0.2) is 0 Å². The zero-order valence-corrected chi connectivity index (χ0v) is 8.61. The van der Waals surface area contributed by atoms with E-state index in [4.69, 9.17) is 0 Å². The van der Waals surface area contributed by atoms with E-state index in [2.05, 4.69) is 0 Å². The Morgan fingerprint density at radius 2 is 1.86 bits per heavy atom. The second-order valence-corrected chi connectivity index (χ2v) is 3.43. The molecule has 0 aromatic heterocycles. The van der Waals surface area contributed by atoms with Gasteiger partial charge in [-0.05, 0) is 13.3 Å². The summed E-state index contributed by atoms with van der Waals surface area (Å²) < 4.78 is 0. The van der Waals surface area contributed by atoms with Crippen molar-refractivity contribution in [3.05, 3.63) is 0 Å². The van der Waals surface area contributed by atoms with Gasteiger partial charge in [0.2, 0.25) is 11.8 Å². The Labute approximate surface area is 82.7 Å². The zero-order valence-electron chi connectivity index (χ0n) is 8.61. The molecule has 0 aliphatic carbocycles. The quantitative estimate of drug-likeness (QED) is 0.610.